The Morgan fingerprint density at radius 3 is 2.12 bits per heavy atom. The van der Waals surface area contributed by atoms with Gasteiger partial charge in [-0.3, -0.25) is 9.59 Å². The molecule has 0 saturated heterocycles. The van der Waals surface area contributed by atoms with Crippen LogP contribution in [-0.4, -0.2) is 22.5 Å². The summed E-state index contributed by atoms with van der Waals surface area (Å²) in [7, 11) is 0. The van der Waals surface area contributed by atoms with Crippen LogP contribution in [0.2, 0.25) is 0 Å². The fourth-order valence-corrected chi connectivity index (χ4v) is 5.98. The third-order valence-electron chi connectivity index (χ3n) is 6.55. The molecule has 0 spiro atoms. The molecule has 25 heavy (non-hydrogen) atoms. The first-order chi connectivity index (χ1) is 12.0. The molecule has 4 bridgehead atoms. The van der Waals surface area contributed by atoms with E-state index < -0.39 is 11.9 Å². The summed E-state index contributed by atoms with van der Waals surface area (Å²) in [5, 5.41) is 12.8. The predicted molar refractivity (Wildman–Crippen MR) is 94.9 cm³/mol. The molecular weight excluding hydrogens is 314 g/mol. The second-order valence-electron chi connectivity index (χ2n) is 8.68. The molecule has 0 heterocycles. The van der Waals surface area contributed by atoms with Crippen molar-refractivity contribution in [1.29, 1.82) is 0 Å². The highest BCUT2D eigenvalue weighted by atomic mass is 16.4. The molecule has 4 aliphatic carbocycles. The molecule has 1 aromatic rings. The van der Waals surface area contributed by atoms with Crippen LogP contribution < -0.4 is 5.32 Å². The molecule has 4 aliphatic rings. The standard InChI is InChI=1S/C21H27NO3/c23-19(10-18(20(24)25)9-14-4-2-1-3-5-14)22-21-11-15-6-16(12-21)8-17(7-15)13-21/h1-5,15-18H,6-13H2,(H,22,23)(H,24,25). The number of nitrogens with one attached hydrogen (secondary N) is 1. The third-order valence-corrected chi connectivity index (χ3v) is 6.55. The number of carbonyl (C=O) groups excluding carboxylic acids is 1. The van der Waals surface area contributed by atoms with Gasteiger partial charge in [0.2, 0.25) is 5.91 Å². The van der Waals surface area contributed by atoms with Crippen molar-refractivity contribution in [3.05, 3.63) is 35.9 Å². The van der Waals surface area contributed by atoms with Gasteiger partial charge in [0.25, 0.3) is 0 Å². The first-order valence-electron chi connectivity index (χ1n) is 9.59. The molecule has 4 nitrogen and oxygen atoms in total. The monoisotopic (exact) mass is 341 g/mol. The van der Waals surface area contributed by atoms with Crippen LogP contribution in [0.1, 0.15) is 50.5 Å². The molecule has 5 rings (SSSR count). The van der Waals surface area contributed by atoms with Gasteiger partial charge in [-0.15, -0.1) is 0 Å². The Bertz CT molecular complexity index is 619. The van der Waals surface area contributed by atoms with Crippen LogP contribution in [0.3, 0.4) is 0 Å². The number of benzene rings is 1. The Labute approximate surface area is 149 Å². The summed E-state index contributed by atoms with van der Waals surface area (Å²) in [4.78, 5) is 24.3. The number of aliphatic carboxylic acids is 1. The van der Waals surface area contributed by atoms with Crippen molar-refractivity contribution in [3.63, 3.8) is 0 Å². The lowest BCUT2D eigenvalue weighted by Crippen LogP contribution is -2.60. The lowest BCUT2D eigenvalue weighted by Gasteiger charge is -2.57. The molecule has 4 fully saturated rings. The highest BCUT2D eigenvalue weighted by Gasteiger charge is 2.51. The van der Waals surface area contributed by atoms with E-state index in [0.717, 1.165) is 42.6 Å². The Hall–Kier alpha value is -1.84. The van der Waals surface area contributed by atoms with Crippen molar-refractivity contribution < 1.29 is 14.7 Å². The van der Waals surface area contributed by atoms with Gasteiger partial charge in [0.05, 0.1) is 5.92 Å². The molecule has 0 aromatic heterocycles. The van der Waals surface area contributed by atoms with E-state index in [4.69, 9.17) is 0 Å². The van der Waals surface area contributed by atoms with Crippen LogP contribution in [0.25, 0.3) is 0 Å². The molecule has 1 unspecified atom stereocenters. The van der Waals surface area contributed by atoms with Gasteiger partial charge < -0.3 is 10.4 Å². The van der Waals surface area contributed by atoms with E-state index in [1.807, 2.05) is 30.3 Å². The minimum Gasteiger partial charge on any atom is -0.481 e. The lowest BCUT2D eigenvalue weighted by atomic mass is 9.53. The van der Waals surface area contributed by atoms with Gasteiger partial charge in [-0.2, -0.15) is 0 Å². The molecule has 1 aromatic carbocycles. The van der Waals surface area contributed by atoms with E-state index in [1.54, 1.807) is 0 Å². The summed E-state index contributed by atoms with van der Waals surface area (Å²) >= 11 is 0. The number of hydrogen-bond acceptors (Lipinski definition) is 2. The molecule has 4 saturated carbocycles. The largest absolute Gasteiger partial charge is 0.481 e. The molecule has 4 heteroatoms. The average Bonchev–Trinajstić information content (AvgIpc) is 2.53. The van der Waals surface area contributed by atoms with Crippen LogP contribution in [-0.2, 0) is 16.0 Å². The van der Waals surface area contributed by atoms with E-state index in [-0.39, 0.29) is 17.9 Å². The van der Waals surface area contributed by atoms with E-state index in [2.05, 4.69) is 5.32 Å². The fraction of sp³-hybridized carbons (Fsp3) is 0.619. The minimum atomic E-state index is -0.885. The smallest absolute Gasteiger partial charge is 0.307 e. The number of rotatable bonds is 6. The average molecular weight is 341 g/mol. The molecule has 2 N–H and O–H groups in total. The Morgan fingerprint density at radius 2 is 1.60 bits per heavy atom. The molecule has 0 radical (unpaired) electrons. The Balaban J connectivity index is 1.39. The maximum absolute atomic E-state index is 12.7. The minimum absolute atomic E-state index is 0.0400. The van der Waals surface area contributed by atoms with Crippen molar-refractivity contribution in [1.82, 2.24) is 5.32 Å². The topological polar surface area (TPSA) is 66.4 Å². The van der Waals surface area contributed by atoms with Crippen LogP contribution >= 0.6 is 0 Å². The van der Waals surface area contributed by atoms with Crippen molar-refractivity contribution in [2.24, 2.45) is 23.7 Å². The van der Waals surface area contributed by atoms with E-state index in [9.17, 15) is 14.7 Å². The zero-order valence-electron chi connectivity index (χ0n) is 14.6. The highest BCUT2D eigenvalue weighted by molar-refractivity contribution is 5.83. The highest BCUT2D eigenvalue weighted by Crippen LogP contribution is 2.55. The van der Waals surface area contributed by atoms with Crippen LogP contribution in [0.5, 0.6) is 0 Å². The summed E-state index contributed by atoms with van der Waals surface area (Å²) in [5.74, 6) is 0.689. The predicted octanol–water partition coefficient (Wildman–Crippen LogP) is 3.41. The summed E-state index contributed by atoms with van der Waals surface area (Å²) in [6.45, 7) is 0. The zero-order chi connectivity index (χ0) is 17.4. The zero-order valence-corrected chi connectivity index (χ0v) is 14.6. The normalized spacial score (nSPS) is 33.8. The summed E-state index contributed by atoms with van der Waals surface area (Å²) in [6.07, 6.45) is 7.78. The fourth-order valence-electron chi connectivity index (χ4n) is 5.98. The summed E-state index contributed by atoms with van der Waals surface area (Å²) < 4.78 is 0. The number of hydrogen-bond donors (Lipinski definition) is 2. The first-order valence-corrected chi connectivity index (χ1v) is 9.59. The molecule has 1 amide bonds. The van der Waals surface area contributed by atoms with Gasteiger partial charge in [0.1, 0.15) is 0 Å². The second kappa shape index (κ2) is 6.47. The van der Waals surface area contributed by atoms with Crippen LogP contribution in [0.4, 0.5) is 0 Å². The van der Waals surface area contributed by atoms with Crippen molar-refractivity contribution in [2.45, 2.75) is 56.9 Å². The van der Waals surface area contributed by atoms with Gasteiger partial charge in [0, 0.05) is 12.0 Å². The number of carbonyl (C=O) groups is 2. The van der Waals surface area contributed by atoms with Crippen molar-refractivity contribution in [3.8, 4) is 0 Å². The van der Waals surface area contributed by atoms with Crippen LogP contribution in [0, 0.1) is 23.7 Å². The maximum Gasteiger partial charge on any atom is 0.307 e. The molecular formula is C21H27NO3. The number of amides is 1. The van der Waals surface area contributed by atoms with E-state index >= 15 is 0 Å². The van der Waals surface area contributed by atoms with Gasteiger partial charge in [-0.25, -0.2) is 0 Å². The number of carboxylic acid groups (broad SMARTS) is 1. The second-order valence-corrected chi connectivity index (χ2v) is 8.68. The van der Waals surface area contributed by atoms with E-state index in [1.165, 1.54) is 19.3 Å². The van der Waals surface area contributed by atoms with Gasteiger partial charge >= 0.3 is 5.97 Å². The lowest BCUT2D eigenvalue weighted by molar-refractivity contribution is -0.144. The number of carboxylic acids is 1. The Kier molecular flexibility index (Phi) is 4.30. The van der Waals surface area contributed by atoms with Crippen LogP contribution in [0.15, 0.2) is 30.3 Å². The van der Waals surface area contributed by atoms with Gasteiger partial charge in [0.15, 0.2) is 0 Å². The van der Waals surface area contributed by atoms with Gasteiger partial charge in [-0.1, -0.05) is 30.3 Å². The van der Waals surface area contributed by atoms with E-state index in [0.29, 0.717) is 6.42 Å². The molecule has 1 atom stereocenters. The third kappa shape index (κ3) is 3.58. The molecule has 0 aliphatic heterocycles. The summed E-state index contributed by atoms with van der Waals surface area (Å²) in [5.41, 5.74) is 0.930. The maximum atomic E-state index is 12.7. The van der Waals surface area contributed by atoms with Crippen molar-refractivity contribution >= 4 is 11.9 Å². The SMILES string of the molecule is O=C(CC(Cc1ccccc1)C(=O)O)NC12CC3CC(CC(C3)C1)C2. The molecule has 134 valence electrons. The quantitative estimate of drug-likeness (QED) is 0.833. The van der Waals surface area contributed by atoms with Crippen molar-refractivity contribution in [2.75, 3.05) is 0 Å². The van der Waals surface area contributed by atoms with Gasteiger partial charge in [-0.05, 0) is 68.3 Å². The Morgan fingerprint density at radius 1 is 1.04 bits per heavy atom. The summed E-state index contributed by atoms with van der Waals surface area (Å²) in [6, 6.07) is 9.58. The first kappa shape index (κ1) is 16.6.